The minimum atomic E-state index is -3.38. The zero-order valence-corrected chi connectivity index (χ0v) is 13.0. The number of benzene rings is 1. The predicted molar refractivity (Wildman–Crippen MR) is 73.6 cm³/mol. The van der Waals surface area contributed by atoms with E-state index in [2.05, 4.69) is 15.9 Å². The van der Waals surface area contributed by atoms with Crippen molar-refractivity contribution >= 4 is 26.0 Å². The first-order valence-corrected chi connectivity index (χ1v) is 7.82. The smallest absolute Gasteiger partial charge is 0.207 e. The van der Waals surface area contributed by atoms with E-state index in [0.717, 1.165) is 10.0 Å². The largest absolute Gasteiger partial charge is 0.243 e. The molecule has 0 heterocycles. The van der Waals surface area contributed by atoms with Gasteiger partial charge in [-0.2, -0.15) is 4.31 Å². The summed E-state index contributed by atoms with van der Waals surface area (Å²) < 4.78 is 27.2. The van der Waals surface area contributed by atoms with E-state index in [1.54, 1.807) is 18.2 Å². The second-order valence-corrected chi connectivity index (χ2v) is 6.96. The van der Waals surface area contributed by atoms with E-state index in [1.807, 2.05) is 27.7 Å². The van der Waals surface area contributed by atoms with Gasteiger partial charge in [0, 0.05) is 17.1 Å². The summed E-state index contributed by atoms with van der Waals surface area (Å²) in [5, 5.41) is 0. The van der Waals surface area contributed by atoms with Crippen molar-refractivity contribution < 1.29 is 8.42 Å². The van der Waals surface area contributed by atoms with Crippen LogP contribution in [-0.4, -0.2) is 25.3 Å². The van der Waals surface area contributed by atoms with Gasteiger partial charge in [0.15, 0.2) is 0 Å². The molecule has 96 valence electrons. The van der Waals surface area contributed by atoms with Crippen LogP contribution in [0.4, 0.5) is 0 Å². The Kier molecular flexibility index (Phi) is 4.75. The molecule has 17 heavy (non-hydrogen) atoms. The van der Waals surface area contributed by atoms with Crippen LogP contribution in [0.25, 0.3) is 0 Å². The van der Waals surface area contributed by atoms with Gasteiger partial charge in [0.2, 0.25) is 10.0 Å². The summed E-state index contributed by atoms with van der Waals surface area (Å²) in [6.07, 6.45) is 0. The van der Waals surface area contributed by atoms with Gasteiger partial charge in [-0.15, -0.1) is 0 Å². The quantitative estimate of drug-likeness (QED) is 0.854. The van der Waals surface area contributed by atoms with Gasteiger partial charge in [0.1, 0.15) is 0 Å². The summed E-state index contributed by atoms with van der Waals surface area (Å²) >= 11 is 3.37. The third-order valence-electron chi connectivity index (χ3n) is 2.62. The zero-order valence-electron chi connectivity index (χ0n) is 10.6. The normalized spacial score (nSPS) is 12.4. The third-order valence-corrected chi connectivity index (χ3v) is 5.66. The average molecular weight is 320 g/mol. The molecule has 0 aliphatic carbocycles. The van der Waals surface area contributed by atoms with E-state index < -0.39 is 10.0 Å². The van der Waals surface area contributed by atoms with Gasteiger partial charge < -0.3 is 0 Å². The van der Waals surface area contributed by atoms with Crippen molar-refractivity contribution in [3.8, 4) is 0 Å². The molecule has 1 aromatic rings. The van der Waals surface area contributed by atoms with Crippen LogP contribution < -0.4 is 0 Å². The lowest BCUT2D eigenvalue weighted by Crippen LogP contribution is -2.36. The fourth-order valence-electron chi connectivity index (χ4n) is 1.73. The first kappa shape index (κ1) is 14.7. The van der Waals surface area contributed by atoms with Crippen LogP contribution in [-0.2, 0) is 10.0 Å². The Morgan fingerprint density at radius 1 is 1.35 bits per heavy atom. The predicted octanol–water partition coefficient (Wildman–Crippen LogP) is 3.18. The van der Waals surface area contributed by atoms with E-state index in [-0.39, 0.29) is 6.04 Å². The zero-order chi connectivity index (χ0) is 13.2. The molecule has 3 nitrogen and oxygen atoms in total. The summed E-state index contributed by atoms with van der Waals surface area (Å²) in [7, 11) is -3.38. The molecule has 0 aliphatic heterocycles. The second-order valence-electron chi connectivity index (χ2n) is 4.21. The molecule has 0 atom stereocenters. The summed E-state index contributed by atoms with van der Waals surface area (Å²) in [6.45, 7) is 7.98. The van der Waals surface area contributed by atoms with Crippen LogP contribution in [0.1, 0.15) is 26.3 Å². The number of hydrogen-bond donors (Lipinski definition) is 0. The standard InChI is InChI=1S/C12H18BrNO2S/c1-5-14(9(2)3)17(15,16)11-6-7-12(13)10(4)8-11/h6-9H,5H2,1-4H3. The van der Waals surface area contributed by atoms with E-state index in [1.165, 1.54) is 4.31 Å². The Morgan fingerprint density at radius 3 is 2.35 bits per heavy atom. The maximum absolute atomic E-state index is 12.4. The molecule has 0 spiro atoms. The average Bonchev–Trinajstić information content (AvgIpc) is 2.21. The molecule has 0 N–H and O–H groups in total. The lowest BCUT2D eigenvalue weighted by molar-refractivity contribution is 0.369. The summed E-state index contributed by atoms with van der Waals surface area (Å²) in [5.74, 6) is 0. The molecule has 0 aliphatic rings. The van der Waals surface area contributed by atoms with Crippen LogP contribution in [0.2, 0.25) is 0 Å². The van der Waals surface area contributed by atoms with Crippen molar-refractivity contribution in [3.05, 3.63) is 28.2 Å². The Hall–Kier alpha value is -0.390. The molecular formula is C12H18BrNO2S. The number of halogens is 1. The van der Waals surface area contributed by atoms with Gasteiger partial charge in [-0.25, -0.2) is 8.42 Å². The van der Waals surface area contributed by atoms with E-state index in [0.29, 0.717) is 11.4 Å². The van der Waals surface area contributed by atoms with Gasteiger partial charge >= 0.3 is 0 Å². The second kappa shape index (κ2) is 5.50. The lowest BCUT2D eigenvalue weighted by Gasteiger charge is -2.24. The van der Waals surface area contributed by atoms with Gasteiger partial charge in [-0.3, -0.25) is 0 Å². The molecule has 5 heteroatoms. The molecule has 0 amide bonds. The highest BCUT2D eigenvalue weighted by Gasteiger charge is 2.25. The Labute approximate surface area is 112 Å². The molecular weight excluding hydrogens is 302 g/mol. The molecule has 0 unspecified atom stereocenters. The monoisotopic (exact) mass is 319 g/mol. The van der Waals surface area contributed by atoms with Crippen molar-refractivity contribution in [3.63, 3.8) is 0 Å². The minimum Gasteiger partial charge on any atom is -0.207 e. The maximum atomic E-state index is 12.4. The highest BCUT2D eigenvalue weighted by molar-refractivity contribution is 9.10. The Morgan fingerprint density at radius 2 is 1.94 bits per heavy atom. The Bertz CT molecular complexity index is 497. The van der Waals surface area contributed by atoms with E-state index in [4.69, 9.17) is 0 Å². The van der Waals surface area contributed by atoms with Crippen LogP contribution in [0.3, 0.4) is 0 Å². The summed E-state index contributed by atoms with van der Waals surface area (Å²) in [5.41, 5.74) is 0.922. The third kappa shape index (κ3) is 3.09. The molecule has 0 radical (unpaired) electrons. The van der Waals surface area contributed by atoms with Crippen molar-refractivity contribution in [2.75, 3.05) is 6.54 Å². The van der Waals surface area contributed by atoms with Crippen molar-refractivity contribution in [2.45, 2.75) is 38.6 Å². The number of rotatable bonds is 4. The van der Waals surface area contributed by atoms with Crippen molar-refractivity contribution in [2.24, 2.45) is 0 Å². The first-order valence-electron chi connectivity index (χ1n) is 5.58. The Balaban J connectivity index is 3.25. The molecule has 1 rings (SSSR count). The van der Waals surface area contributed by atoms with Crippen LogP contribution in [0.5, 0.6) is 0 Å². The SMILES string of the molecule is CCN(C(C)C)S(=O)(=O)c1ccc(Br)c(C)c1. The van der Waals surface area contributed by atoms with E-state index >= 15 is 0 Å². The van der Waals surface area contributed by atoms with Crippen LogP contribution in [0, 0.1) is 6.92 Å². The molecule has 0 bridgehead atoms. The summed E-state index contributed by atoms with van der Waals surface area (Å²) in [6, 6.07) is 5.08. The number of hydrogen-bond acceptors (Lipinski definition) is 2. The molecule has 0 fully saturated rings. The highest BCUT2D eigenvalue weighted by atomic mass is 79.9. The van der Waals surface area contributed by atoms with Gasteiger partial charge in [0.25, 0.3) is 0 Å². The van der Waals surface area contributed by atoms with Crippen LogP contribution >= 0.6 is 15.9 Å². The fourth-order valence-corrected chi connectivity index (χ4v) is 3.70. The minimum absolute atomic E-state index is 0.0334. The molecule has 1 aromatic carbocycles. The van der Waals surface area contributed by atoms with E-state index in [9.17, 15) is 8.42 Å². The van der Waals surface area contributed by atoms with Crippen LogP contribution in [0.15, 0.2) is 27.6 Å². The maximum Gasteiger partial charge on any atom is 0.243 e. The molecule has 0 saturated heterocycles. The number of aryl methyl sites for hydroxylation is 1. The first-order chi connectivity index (χ1) is 7.80. The summed E-state index contributed by atoms with van der Waals surface area (Å²) in [4.78, 5) is 0.355. The van der Waals surface area contributed by atoms with Crippen molar-refractivity contribution in [1.29, 1.82) is 0 Å². The van der Waals surface area contributed by atoms with Gasteiger partial charge in [-0.05, 0) is 44.5 Å². The van der Waals surface area contributed by atoms with Gasteiger partial charge in [0.05, 0.1) is 4.90 Å². The lowest BCUT2D eigenvalue weighted by atomic mass is 10.2. The fraction of sp³-hybridized carbons (Fsp3) is 0.500. The molecule has 0 saturated carbocycles. The molecule has 0 aromatic heterocycles. The van der Waals surface area contributed by atoms with Gasteiger partial charge in [-0.1, -0.05) is 22.9 Å². The topological polar surface area (TPSA) is 37.4 Å². The van der Waals surface area contributed by atoms with Crippen molar-refractivity contribution in [1.82, 2.24) is 4.31 Å². The number of nitrogens with zero attached hydrogens (tertiary/aromatic N) is 1. The highest BCUT2D eigenvalue weighted by Crippen LogP contribution is 2.23. The number of sulfonamides is 1.